The first-order valence-corrected chi connectivity index (χ1v) is 11.2. The molecule has 0 saturated carbocycles. The molecule has 180 valence electrons. The summed E-state index contributed by atoms with van der Waals surface area (Å²) in [5.74, 6) is -0.994. The number of hydrogen-bond donors (Lipinski definition) is 2. The third-order valence-corrected chi connectivity index (χ3v) is 5.96. The molecule has 0 amide bonds. The number of rotatable bonds is 7. The maximum atomic E-state index is 14.6. The first-order valence-electron chi connectivity index (χ1n) is 10.8. The lowest BCUT2D eigenvalue weighted by atomic mass is 9.79. The van der Waals surface area contributed by atoms with Gasteiger partial charge in [-0.05, 0) is 59.2 Å². The smallest absolute Gasteiger partial charge is 0.399 e. The SMILES string of the molecule is Nc1cccc(CNC(Cc2ccccc2)(c2cc(F)cc(C(F)(F)F)c2)c2ccc(Cl)cn2)c1. The van der Waals surface area contributed by atoms with Crippen LogP contribution in [0.2, 0.25) is 5.02 Å². The molecule has 3 aromatic carbocycles. The highest BCUT2D eigenvalue weighted by atomic mass is 35.5. The minimum Gasteiger partial charge on any atom is -0.399 e. The molecule has 0 bridgehead atoms. The number of alkyl halides is 3. The molecule has 35 heavy (non-hydrogen) atoms. The van der Waals surface area contributed by atoms with Crippen molar-refractivity contribution in [1.82, 2.24) is 10.3 Å². The van der Waals surface area contributed by atoms with E-state index in [-0.39, 0.29) is 18.5 Å². The van der Waals surface area contributed by atoms with Gasteiger partial charge in [-0.2, -0.15) is 13.2 Å². The number of nitrogens with two attached hydrogens (primary N) is 1. The van der Waals surface area contributed by atoms with Crippen LogP contribution in [0.25, 0.3) is 0 Å². The van der Waals surface area contributed by atoms with E-state index in [9.17, 15) is 17.6 Å². The topological polar surface area (TPSA) is 50.9 Å². The molecule has 3 nitrogen and oxygen atoms in total. The molecule has 8 heteroatoms. The monoisotopic (exact) mass is 499 g/mol. The number of hydrogen-bond acceptors (Lipinski definition) is 3. The van der Waals surface area contributed by atoms with Crippen LogP contribution in [-0.4, -0.2) is 4.98 Å². The van der Waals surface area contributed by atoms with E-state index < -0.39 is 23.1 Å². The highest BCUT2D eigenvalue weighted by molar-refractivity contribution is 6.30. The second kappa shape index (κ2) is 10.1. The average molecular weight is 500 g/mol. The third-order valence-electron chi connectivity index (χ3n) is 5.74. The Balaban J connectivity index is 1.93. The lowest BCUT2D eigenvalue weighted by molar-refractivity contribution is -0.137. The Morgan fingerprint density at radius 1 is 0.829 bits per heavy atom. The maximum absolute atomic E-state index is 14.6. The van der Waals surface area contributed by atoms with Crippen LogP contribution in [0, 0.1) is 5.82 Å². The van der Waals surface area contributed by atoms with Gasteiger partial charge in [-0.1, -0.05) is 54.1 Å². The predicted molar refractivity (Wildman–Crippen MR) is 129 cm³/mol. The quantitative estimate of drug-likeness (QED) is 0.218. The van der Waals surface area contributed by atoms with E-state index in [1.807, 2.05) is 36.4 Å². The van der Waals surface area contributed by atoms with E-state index in [1.54, 1.807) is 30.3 Å². The van der Waals surface area contributed by atoms with Gasteiger partial charge >= 0.3 is 6.18 Å². The van der Waals surface area contributed by atoms with Crippen LogP contribution in [0.4, 0.5) is 23.2 Å². The van der Waals surface area contributed by atoms with Crippen molar-refractivity contribution in [2.24, 2.45) is 0 Å². The summed E-state index contributed by atoms with van der Waals surface area (Å²) in [6.45, 7) is 0.236. The fraction of sp³-hybridized carbons (Fsp3) is 0.148. The van der Waals surface area contributed by atoms with E-state index in [0.717, 1.165) is 23.3 Å². The van der Waals surface area contributed by atoms with E-state index in [4.69, 9.17) is 17.3 Å². The van der Waals surface area contributed by atoms with Gasteiger partial charge in [0.15, 0.2) is 0 Å². The zero-order valence-electron chi connectivity index (χ0n) is 18.5. The van der Waals surface area contributed by atoms with Gasteiger partial charge in [-0.3, -0.25) is 10.3 Å². The number of anilines is 1. The van der Waals surface area contributed by atoms with Crippen molar-refractivity contribution in [3.05, 3.63) is 130 Å². The average Bonchev–Trinajstić information content (AvgIpc) is 2.82. The zero-order valence-corrected chi connectivity index (χ0v) is 19.2. The highest BCUT2D eigenvalue weighted by Crippen LogP contribution is 2.38. The Labute approximate surface area is 205 Å². The molecular formula is C27H22ClF4N3. The van der Waals surface area contributed by atoms with Crippen LogP contribution in [0.3, 0.4) is 0 Å². The molecule has 1 atom stereocenters. The highest BCUT2D eigenvalue weighted by Gasteiger charge is 2.39. The second-order valence-electron chi connectivity index (χ2n) is 8.25. The lowest BCUT2D eigenvalue weighted by Gasteiger charge is -2.36. The number of nitrogens with zero attached hydrogens (tertiary/aromatic N) is 1. The molecule has 1 heterocycles. The largest absolute Gasteiger partial charge is 0.416 e. The van der Waals surface area contributed by atoms with E-state index in [2.05, 4.69) is 10.3 Å². The van der Waals surface area contributed by atoms with Gasteiger partial charge in [0.2, 0.25) is 0 Å². The van der Waals surface area contributed by atoms with Crippen molar-refractivity contribution < 1.29 is 17.6 Å². The molecule has 0 aliphatic rings. The summed E-state index contributed by atoms with van der Waals surface area (Å²) >= 11 is 6.06. The fourth-order valence-corrected chi connectivity index (χ4v) is 4.19. The van der Waals surface area contributed by atoms with Crippen LogP contribution in [0.1, 0.15) is 27.9 Å². The van der Waals surface area contributed by atoms with Crippen LogP contribution < -0.4 is 11.1 Å². The van der Waals surface area contributed by atoms with Crippen LogP contribution >= 0.6 is 11.6 Å². The van der Waals surface area contributed by atoms with Crippen LogP contribution in [-0.2, 0) is 24.7 Å². The number of nitrogens with one attached hydrogen (secondary N) is 1. The Morgan fingerprint density at radius 3 is 2.20 bits per heavy atom. The minimum absolute atomic E-state index is 0.0902. The van der Waals surface area contributed by atoms with E-state index in [0.29, 0.717) is 22.5 Å². The Morgan fingerprint density at radius 2 is 1.54 bits per heavy atom. The number of pyridine rings is 1. The Hall–Kier alpha value is -3.42. The minimum atomic E-state index is -4.73. The molecule has 3 N–H and O–H groups in total. The van der Waals surface area contributed by atoms with Crippen molar-refractivity contribution in [3.8, 4) is 0 Å². The van der Waals surface area contributed by atoms with Crippen molar-refractivity contribution >= 4 is 17.3 Å². The van der Waals surface area contributed by atoms with E-state index in [1.165, 1.54) is 6.20 Å². The van der Waals surface area contributed by atoms with Crippen molar-refractivity contribution in [2.75, 3.05) is 5.73 Å². The number of benzene rings is 3. The molecule has 0 spiro atoms. The Kier molecular flexibility index (Phi) is 7.10. The summed E-state index contributed by atoms with van der Waals surface area (Å²) in [4.78, 5) is 4.45. The lowest BCUT2D eigenvalue weighted by Crippen LogP contribution is -2.46. The number of aromatic nitrogens is 1. The summed E-state index contributed by atoms with van der Waals surface area (Å²) in [6, 6.07) is 22.2. The normalized spacial score (nSPS) is 13.4. The molecule has 0 saturated heterocycles. The standard InChI is InChI=1S/C27H22ClF4N3/c28-22-9-10-25(34-17-22)26(15-18-5-2-1-3-6-18,35-16-19-7-4-8-24(33)11-19)20-12-21(27(30,31)32)14-23(29)13-20/h1-14,17,35H,15-16,33H2. The van der Waals surface area contributed by atoms with Gasteiger partial charge in [-0.15, -0.1) is 0 Å². The molecule has 0 fully saturated rings. The fourth-order valence-electron chi connectivity index (χ4n) is 4.08. The third kappa shape index (κ3) is 5.81. The summed E-state index contributed by atoms with van der Waals surface area (Å²) in [7, 11) is 0. The number of halogens is 5. The van der Waals surface area contributed by atoms with Gasteiger partial charge in [0.1, 0.15) is 5.82 Å². The van der Waals surface area contributed by atoms with Crippen LogP contribution in [0.5, 0.6) is 0 Å². The van der Waals surface area contributed by atoms with Gasteiger partial charge in [0, 0.05) is 24.8 Å². The zero-order chi connectivity index (χ0) is 25.1. The maximum Gasteiger partial charge on any atom is 0.416 e. The van der Waals surface area contributed by atoms with Gasteiger partial charge < -0.3 is 5.73 Å². The molecule has 1 aromatic heterocycles. The molecular weight excluding hydrogens is 478 g/mol. The molecule has 4 aromatic rings. The van der Waals surface area contributed by atoms with E-state index >= 15 is 0 Å². The molecule has 4 rings (SSSR count). The first-order chi connectivity index (χ1) is 16.7. The van der Waals surface area contributed by atoms with Gasteiger partial charge in [-0.25, -0.2) is 4.39 Å². The molecule has 0 radical (unpaired) electrons. The molecule has 1 unspecified atom stereocenters. The summed E-state index contributed by atoms with van der Waals surface area (Å²) < 4.78 is 55.7. The van der Waals surface area contributed by atoms with Gasteiger partial charge in [0.25, 0.3) is 0 Å². The summed E-state index contributed by atoms with van der Waals surface area (Å²) in [5.41, 5.74) is 6.18. The summed E-state index contributed by atoms with van der Waals surface area (Å²) in [5, 5.41) is 3.76. The first kappa shape index (κ1) is 24.7. The molecule has 0 aliphatic heterocycles. The predicted octanol–water partition coefficient (Wildman–Crippen LogP) is 6.75. The second-order valence-corrected chi connectivity index (χ2v) is 8.69. The summed E-state index contributed by atoms with van der Waals surface area (Å²) in [6.07, 6.45) is -3.11. The van der Waals surface area contributed by atoms with Crippen molar-refractivity contribution in [3.63, 3.8) is 0 Å². The van der Waals surface area contributed by atoms with Crippen LogP contribution in [0.15, 0.2) is 91.1 Å². The molecule has 0 aliphatic carbocycles. The number of nitrogen functional groups attached to an aromatic ring is 1. The Bertz CT molecular complexity index is 1290. The van der Waals surface area contributed by atoms with Gasteiger partial charge in [0.05, 0.1) is 21.8 Å². The van der Waals surface area contributed by atoms with Crippen molar-refractivity contribution in [2.45, 2.75) is 24.7 Å². The van der Waals surface area contributed by atoms with Crippen molar-refractivity contribution in [1.29, 1.82) is 0 Å².